The molecule has 0 aliphatic carbocycles. The molecule has 0 unspecified atom stereocenters. The third-order valence-corrected chi connectivity index (χ3v) is 2.30. The number of aromatic nitrogens is 1. The van der Waals surface area contributed by atoms with E-state index >= 15 is 0 Å². The number of carbonyl (C=O) groups is 1. The minimum absolute atomic E-state index is 0.115. The Morgan fingerprint density at radius 3 is 2.71 bits per heavy atom. The van der Waals surface area contributed by atoms with Crippen LogP contribution in [0.25, 0.3) is 0 Å². The number of anilines is 1. The van der Waals surface area contributed by atoms with Gasteiger partial charge in [0.15, 0.2) is 0 Å². The van der Waals surface area contributed by atoms with Crippen molar-refractivity contribution in [3.8, 4) is 0 Å². The summed E-state index contributed by atoms with van der Waals surface area (Å²) >= 11 is 0. The summed E-state index contributed by atoms with van der Waals surface area (Å²) < 4.78 is 0. The van der Waals surface area contributed by atoms with Crippen LogP contribution in [-0.2, 0) is 0 Å². The summed E-state index contributed by atoms with van der Waals surface area (Å²) in [6.45, 7) is 3.41. The standard InChI is InChI=1S/C12H19N3O2/c1-12(2,8-16)14-11(17)9-6-5-7-13-10(9)15(3)4/h5-7,16H,8H2,1-4H3,(H,14,17). The molecule has 94 valence electrons. The minimum atomic E-state index is -0.642. The summed E-state index contributed by atoms with van der Waals surface area (Å²) in [5.74, 6) is 0.375. The van der Waals surface area contributed by atoms with Crippen LogP contribution in [0.3, 0.4) is 0 Å². The lowest BCUT2D eigenvalue weighted by atomic mass is 10.1. The molecule has 0 bridgehead atoms. The maximum absolute atomic E-state index is 12.1. The van der Waals surface area contributed by atoms with Crippen LogP contribution < -0.4 is 10.2 Å². The van der Waals surface area contributed by atoms with Gasteiger partial charge in [-0.1, -0.05) is 0 Å². The molecule has 1 rings (SSSR count). The van der Waals surface area contributed by atoms with Gasteiger partial charge in [0.25, 0.3) is 5.91 Å². The van der Waals surface area contributed by atoms with Crippen molar-refractivity contribution in [1.82, 2.24) is 10.3 Å². The fourth-order valence-corrected chi connectivity index (χ4v) is 1.34. The van der Waals surface area contributed by atoms with Crippen molar-refractivity contribution >= 4 is 11.7 Å². The Bertz CT molecular complexity index is 402. The van der Waals surface area contributed by atoms with Crippen molar-refractivity contribution < 1.29 is 9.90 Å². The maximum Gasteiger partial charge on any atom is 0.255 e. The second-order valence-electron chi connectivity index (χ2n) is 4.77. The number of amides is 1. The molecule has 0 atom stereocenters. The van der Waals surface area contributed by atoms with E-state index in [0.717, 1.165) is 0 Å². The van der Waals surface area contributed by atoms with Gasteiger partial charge in [-0.25, -0.2) is 4.98 Å². The molecule has 0 aliphatic heterocycles. The lowest BCUT2D eigenvalue weighted by Gasteiger charge is -2.24. The molecule has 2 N–H and O–H groups in total. The molecule has 17 heavy (non-hydrogen) atoms. The Labute approximate surface area is 101 Å². The van der Waals surface area contributed by atoms with Crippen LogP contribution in [0.4, 0.5) is 5.82 Å². The first kappa shape index (κ1) is 13.4. The number of pyridine rings is 1. The average Bonchev–Trinajstić information content (AvgIpc) is 2.28. The van der Waals surface area contributed by atoms with E-state index in [0.29, 0.717) is 11.4 Å². The molecule has 0 saturated carbocycles. The Kier molecular flexibility index (Phi) is 4.07. The topological polar surface area (TPSA) is 65.5 Å². The van der Waals surface area contributed by atoms with Crippen LogP contribution in [0.2, 0.25) is 0 Å². The maximum atomic E-state index is 12.1. The first-order valence-electron chi connectivity index (χ1n) is 5.43. The first-order valence-corrected chi connectivity index (χ1v) is 5.43. The van der Waals surface area contributed by atoms with Gasteiger partial charge in [0.05, 0.1) is 17.7 Å². The molecule has 1 heterocycles. The predicted octanol–water partition coefficient (Wildman–Crippen LogP) is 0.648. The van der Waals surface area contributed by atoms with E-state index in [9.17, 15) is 4.79 Å². The van der Waals surface area contributed by atoms with Gasteiger partial charge in [0.1, 0.15) is 5.82 Å². The summed E-state index contributed by atoms with van der Waals surface area (Å²) in [6.07, 6.45) is 1.64. The van der Waals surface area contributed by atoms with E-state index in [1.54, 1.807) is 37.1 Å². The Morgan fingerprint density at radius 1 is 1.53 bits per heavy atom. The van der Waals surface area contributed by atoms with E-state index in [2.05, 4.69) is 10.3 Å². The zero-order chi connectivity index (χ0) is 13.1. The van der Waals surface area contributed by atoms with E-state index in [-0.39, 0.29) is 12.5 Å². The molecule has 5 nitrogen and oxygen atoms in total. The third-order valence-electron chi connectivity index (χ3n) is 2.30. The number of aliphatic hydroxyl groups excluding tert-OH is 1. The van der Waals surface area contributed by atoms with Crippen molar-refractivity contribution in [3.63, 3.8) is 0 Å². The predicted molar refractivity (Wildman–Crippen MR) is 67.2 cm³/mol. The third kappa shape index (κ3) is 3.42. The van der Waals surface area contributed by atoms with Crippen molar-refractivity contribution in [2.24, 2.45) is 0 Å². The van der Waals surface area contributed by atoms with Gasteiger partial charge < -0.3 is 15.3 Å². The zero-order valence-electron chi connectivity index (χ0n) is 10.7. The monoisotopic (exact) mass is 237 g/mol. The summed E-state index contributed by atoms with van der Waals surface area (Å²) in [7, 11) is 3.66. The van der Waals surface area contributed by atoms with Gasteiger partial charge in [-0.05, 0) is 26.0 Å². The van der Waals surface area contributed by atoms with Gasteiger partial charge in [-0.2, -0.15) is 0 Å². The zero-order valence-corrected chi connectivity index (χ0v) is 10.7. The molecule has 1 aromatic heterocycles. The summed E-state index contributed by atoms with van der Waals surface area (Å²) in [4.78, 5) is 18.0. The number of nitrogens with zero attached hydrogens (tertiary/aromatic N) is 2. The van der Waals surface area contributed by atoms with E-state index in [4.69, 9.17) is 5.11 Å². The molecule has 0 fully saturated rings. The van der Waals surface area contributed by atoms with Gasteiger partial charge in [-0.3, -0.25) is 4.79 Å². The lowest BCUT2D eigenvalue weighted by molar-refractivity contribution is 0.0869. The molecular weight excluding hydrogens is 218 g/mol. The van der Waals surface area contributed by atoms with Gasteiger partial charge >= 0.3 is 0 Å². The number of nitrogens with one attached hydrogen (secondary N) is 1. The van der Waals surface area contributed by atoms with Crippen molar-refractivity contribution in [2.45, 2.75) is 19.4 Å². The van der Waals surface area contributed by atoms with Crippen LogP contribution in [0.1, 0.15) is 24.2 Å². The minimum Gasteiger partial charge on any atom is -0.394 e. The van der Waals surface area contributed by atoms with Crippen LogP contribution in [0, 0.1) is 0 Å². The number of hydrogen-bond acceptors (Lipinski definition) is 4. The molecule has 1 amide bonds. The largest absolute Gasteiger partial charge is 0.394 e. The second-order valence-corrected chi connectivity index (χ2v) is 4.77. The summed E-state index contributed by atoms with van der Waals surface area (Å²) in [5.41, 5.74) is -0.143. The molecule has 5 heteroatoms. The Hall–Kier alpha value is -1.62. The van der Waals surface area contributed by atoms with Crippen LogP contribution >= 0.6 is 0 Å². The lowest BCUT2D eigenvalue weighted by Crippen LogP contribution is -2.46. The molecule has 0 radical (unpaired) electrons. The van der Waals surface area contributed by atoms with Crippen LogP contribution in [0.15, 0.2) is 18.3 Å². The summed E-state index contributed by atoms with van der Waals surface area (Å²) in [5, 5.41) is 11.9. The SMILES string of the molecule is CN(C)c1ncccc1C(=O)NC(C)(C)CO. The molecule has 1 aromatic rings. The second kappa shape index (κ2) is 5.14. The van der Waals surface area contributed by atoms with Gasteiger partial charge in [-0.15, -0.1) is 0 Å². The van der Waals surface area contributed by atoms with Crippen LogP contribution in [0.5, 0.6) is 0 Å². The number of hydrogen-bond donors (Lipinski definition) is 2. The van der Waals surface area contributed by atoms with Crippen molar-refractivity contribution in [2.75, 3.05) is 25.6 Å². The highest BCUT2D eigenvalue weighted by atomic mass is 16.3. The number of aliphatic hydroxyl groups is 1. The number of carbonyl (C=O) groups excluding carboxylic acids is 1. The Balaban J connectivity index is 2.97. The van der Waals surface area contributed by atoms with E-state index in [1.807, 2.05) is 14.1 Å². The molecule has 0 aliphatic rings. The molecule has 0 saturated heterocycles. The van der Waals surface area contributed by atoms with E-state index < -0.39 is 5.54 Å². The molecule has 0 aromatic carbocycles. The highest BCUT2D eigenvalue weighted by molar-refractivity contribution is 5.99. The smallest absolute Gasteiger partial charge is 0.255 e. The number of rotatable bonds is 4. The van der Waals surface area contributed by atoms with Crippen LogP contribution in [-0.4, -0.2) is 42.2 Å². The average molecular weight is 237 g/mol. The fourth-order valence-electron chi connectivity index (χ4n) is 1.34. The molecular formula is C12H19N3O2. The van der Waals surface area contributed by atoms with Crippen molar-refractivity contribution in [1.29, 1.82) is 0 Å². The fraction of sp³-hybridized carbons (Fsp3) is 0.500. The molecule has 0 spiro atoms. The van der Waals surface area contributed by atoms with Gasteiger partial charge in [0.2, 0.25) is 0 Å². The van der Waals surface area contributed by atoms with Crippen molar-refractivity contribution in [3.05, 3.63) is 23.9 Å². The highest BCUT2D eigenvalue weighted by Gasteiger charge is 2.22. The quantitative estimate of drug-likeness (QED) is 0.807. The first-order chi connectivity index (χ1) is 7.87. The Morgan fingerprint density at radius 2 is 2.18 bits per heavy atom. The normalized spacial score (nSPS) is 11.1. The highest BCUT2D eigenvalue weighted by Crippen LogP contribution is 2.15. The van der Waals surface area contributed by atoms with E-state index in [1.165, 1.54) is 0 Å². The summed E-state index contributed by atoms with van der Waals surface area (Å²) in [6, 6.07) is 3.43. The van der Waals surface area contributed by atoms with Gasteiger partial charge in [0, 0.05) is 20.3 Å².